The van der Waals surface area contributed by atoms with Crippen molar-refractivity contribution in [2.75, 3.05) is 51.4 Å². The minimum Gasteiger partial charge on any atom is -0.378 e. The molecule has 9 heteroatoms. The van der Waals surface area contributed by atoms with Crippen LogP contribution in [0, 0.1) is 0 Å². The lowest BCUT2D eigenvalue weighted by atomic mass is 10.1. The summed E-state index contributed by atoms with van der Waals surface area (Å²) in [7, 11) is -2.00. The van der Waals surface area contributed by atoms with Crippen LogP contribution in [0.3, 0.4) is 0 Å². The number of carbonyl (C=O) groups is 1. The first-order valence-electron chi connectivity index (χ1n) is 11.3. The molecular weight excluding hydrogens is 442 g/mol. The molecule has 0 aromatic heterocycles. The number of anilines is 1. The first-order chi connectivity index (χ1) is 15.9. The van der Waals surface area contributed by atoms with E-state index in [0.29, 0.717) is 31.9 Å². The first-order valence-corrected chi connectivity index (χ1v) is 12.8. The van der Waals surface area contributed by atoms with Crippen molar-refractivity contribution in [3.63, 3.8) is 0 Å². The predicted octanol–water partition coefficient (Wildman–Crippen LogP) is 2.25. The Hall–Kier alpha value is -2.46. The lowest BCUT2D eigenvalue weighted by Crippen LogP contribution is -2.37. The highest BCUT2D eigenvalue weighted by Gasteiger charge is 2.22. The molecule has 2 aromatic carbocycles. The number of benzene rings is 2. The second-order valence-corrected chi connectivity index (χ2v) is 10.2. The van der Waals surface area contributed by atoms with E-state index < -0.39 is 10.0 Å². The van der Waals surface area contributed by atoms with Gasteiger partial charge >= 0.3 is 0 Å². The zero-order valence-electron chi connectivity index (χ0n) is 18.9. The summed E-state index contributed by atoms with van der Waals surface area (Å²) in [6.07, 6.45) is 1.69. The highest BCUT2D eigenvalue weighted by Crippen LogP contribution is 2.23. The summed E-state index contributed by atoms with van der Waals surface area (Å²) in [4.78, 5) is 17.1. The van der Waals surface area contributed by atoms with Crippen molar-refractivity contribution in [1.82, 2.24) is 9.62 Å². The van der Waals surface area contributed by atoms with Crippen molar-refractivity contribution in [2.24, 2.45) is 0 Å². The fourth-order valence-electron chi connectivity index (χ4n) is 4.19. The van der Waals surface area contributed by atoms with Gasteiger partial charge in [-0.05, 0) is 42.7 Å². The topological polar surface area (TPSA) is 88.2 Å². The molecule has 0 aliphatic carbocycles. The summed E-state index contributed by atoms with van der Waals surface area (Å²) in [5.41, 5.74) is 2.47. The highest BCUT2D eigenvalue weighted by molar-refractivity contribution is 7.89. The van der Waals surface area contributed by atoms with E-state index in [1.807, 2.05) is 18.2 Å². The number of para-hydroxylation sites is 1. The molecule has 2 fully saturated rings. The standard InChI is InChI=1S/C24H31N3O5S/c1-26(18-20-6-2-3-10-23(20)27-11-14-31-15-12-27)24(28)19-7-4-9-22(16-19)33(29,30)25-17-21-8-5-13-32-21/h2-4,6-7,9-10,16,21,25H,5,8,11-15,17-18H2,1H3. The molecule has 33 heavy (non-hydrogen) atoms. The van der Waals surface area contributed by atoms with Crippen LogP contribution in [0.2, 0.25) is 0 Å². The van der Waals surface area contributed by atoms with Gasteiger partial charge in [0.25, 0.3) is 5.91 Å². The maximum absolute atomic E-state index is 13.1. The van der Waals surface area contributed by atoms with Crippen LogP contribution in [0.1, 0.15) is 28.8 Å². The van der Waals surface area contributed by atoms with Crippen LogP contribution in [0.25, 0.3) is 0 Å². The number of amides is 1. The van der Waals surface area contributed by atoms with Gasteiger partial charge in [-0.2, -0.15) is 0 Å². The van der Waals surface area contributed by atoms with Gasteiger partial charge in [0.1, 0.15) is 0 Å². The van der Waals surface area contributed by atoms with Gasteiger partial charge in [-0.3, -0.25) is 4.79 Å². The molecule has 2 aliphatic rings. The molecule has 1 atom stereocenters. The van der Waals surface area contributed by atoms with Crippen molar-refractivity contribution in [3.05, 3.63) is 59.7 Å². The summed E-state index contributed by atoms with van der Waals surface area (Å²) >= 11 is 0. The first kappa shape index (κ1) is 23.7. The van der Waals surface area contributed by atoms with Gasteiger partial charge in [-0.15, -0.1) is 0 Å². The number of rotatable bonds is 8. The second-order valence-electron chi connectivity index (χ2n) is 8.40. The molecule has 0 saturated carbocycles. The molecule has 0 spiro atoms. The Morgan fingerprint density at radius 1 is 1.12 bits per heavy atom. The molecule has 1 N–H and O–H groups in total. The van der Waals surface area contributed by atoms with E-state index >= 15 is 0 Å². The Labute approximate surface area is 195 Å². The Morgan fingerprint density at radius 3 is 2.67 bits per heavy atom. The van der Waals surface area contributed by atoms with Crippen LogP contribution in [-0.2, 0) is 26.0 Å². The van der Waals surface area contributed by atoms with Gasteiger partial charge in [-0.1, -0.05) is 24.3 Å². The van der Waals surface area contributed by atoms with Gasteiger partial charge in [-0.25, -0.2) is 13.1 Å². The minimum atomic E-state index is -3.73. The second kappa shape index (κ2) is 10.6. The monoisotopic (exact) mass is 473 g/mol. The van der Waals surface area contributed by atoms with Crippen molar-refractivity contribution < 1.29 is 22.7 Å². The van der Waals surface area contributed by atoms with Crippen LogP contribution >= 0.6 is 0 Å². The van der Waals surface area contributed by atoms with Gasteiger partial charge in [0.05, 0.1) is 24.2 Å². The number of carbonyl (C=O) groups excluding carboxylic acids is 1. The molecule has 2 aliphatic heterocycles. The Morgan fingerprint density at radius 2 is 1.91 bits per heavy atom. The largest absolute Gasteiger partial charge is 0.378 e. The van der Waals surface area contributed by atoms with Crippen molar-refractivity contribution >= 4 is 21.6 Å². The third kappa shape index (κ3) is 5.92. The van der Waals surface area contributed by atoms with Gasteiger partial charge in [0.15, 0.2) is 0 Å². The average Bonchev–Trinajstić information content (AvgIpc) is 3.37. The molecular formula is C24H31N3O5S. The van der Waals surface area contributed by atoms with E-state index in [0.717, 1.165) is 37.2 Å². The zero-order valence-corrected chi connectivity index (χ0v) is 19.7. The molecule has 1 unspecified atom stereocenters. The normalized spacial score (nSPS) is 18.9. The van der Waals surface area contributed by atoms with E-state index in [1.165, 1.54) is 12.1 Å². The number of nitrogens with one attached hydrogen (secondary N) is 1. The minimum absolute atomic E-state index is 0.0773. The SMILES string of the molecule is CN(Cc1ccccc1N1CCOCC1)C(=O)c1cccc(S(=O)(=O)NCC2CCCO2)c1. The molecule has 0 bridgehead atoms. The smallest absolute Gasteiger partial charge is 0.253 e. The van der Waals surface area contributed by atoms with Gasteiger partial charge in [0, 0.05) is 51.1 Å². The maximum atomic E-state index is 13.1. The molecule has 4 rings (SSSR count). The summed E-state index contributed by atoms with van der Waals surface area (Å²) in [6.45, 7) is 4.31. The van der Waals surface area contributed by atoms with Crippen molar-refractivity contribution in [2.45, 2.75) is 30.4 Å². The third-order valence-corrected chi connectivity index (χ3v) is 7.44. The molecule has 2 aromatic rings. The van der Waals surface area contributed by atoms with E-state index in [9.17, 15) is 13.2 Å². The van der Waals surface area contributed by atoms with E-state index in [1.54, 1.807) is 24.1 Å². The van der Waals surface area contributed by atoms with Crippen molar-refractivity contribution in [3.8, 4) is 0 Å². The number of morpholine rings is 1. The Kier molecular flexibility index (Phi) is 7.64. The summed E-state index contributed by atoms with van der Waals surface area (Å²) in [5.74, 6) is -0.233. The molecule has 178 valence electrons. The van der Waals surface area contributed by atoms with Gasteiger partial charge < -0.3 is 19.3 Å². The zero-order chi connectivity index (χ0) is 23.3. The van der Waals surface area contributed by atoms with Crippen molar-refractivity contribution in [1.29, 1.82) is 0 Å². The number of hydrogen-bond acceptors (Lipinski definition) is 6. The number of sulfonamides is 1. The van der Waals surface area contributed by atoms with E-state index in [2.05, 4.69) is 15.7 Å². The fourth-order valence-corrected chi connectivity index (χ4v) is 5.30. The fraction of sp³-hybridized carbons (Fsp3) is 0.458. The molecule has 2 saturated heterocycles. The van der Waals surface area contributed by atoms with Crippen LogP contribution in [0.15, 0.2) is 53.4 Å². The van der Waals surface area contributed by atoms with Crippen LogP contribution in [-0.4, -0.2) is 71.8 Å². The third-order valence-electron chi connectivity index (χ3n) is 6.01. The molecule has 1 amide bonds. The Bertz CT molecular complexity index is 1060. The Balaban J connectivity index is 1.45. The van der Waals surface area contributed by atoms with Crippen LogP contribution < -0.4 is 9.62 Å². The van der Waals surface area contributed by atoms with Crippen LogP contribution in [0.4, 0.5) is 5.69 Å². The summed E-state index contributed by atoms with van der Waals surface area (Å²) < 4.78 is 39.0. The molecule has 8 nitrogen and oxygen atoms in total. The van der Waals surface area contributed by atoms with E-state index in [4.69, 9.17) is 9.47 Å². The highest BCUT2D eigenvalue weighted by atomic mass is 32.2. The van der Waals surface area contributed by atoms with Gasteiger partial charge in [0.2, 0.25) is 10.0 Å². The number of nitrogens with zero attached hydrogens (tertiary/aromatic N) is 2. The quantitative estimate of drug-likeness (QED) is 0.633. The van der Waals surface area contributed by atoms with E-state index in [-0.39, 0.29) is 23.5 Å². The van der Waals surface area contributed by atoms with Crippen LogP contribution in [0.5, 0.6) is 0 Å². The number of hydrogen-bond donors (Lipinski definition) is 1. The molecule has 0 radical (unpaired) electrons. The predicted molar refractivity (Wildman–Crippen MR) is 126 cm³/mol. The maximum Gasteiger partial charge on any atom is 0.253 e. The summed E-state index contributed by atoms with van der Waals surface area (Å²) in [6, 6.07) is 14.2. The molecule has 2 heterocycles. The summed E-state index contributed by atoms with van der Waals surface area (Å²) in [5, 5.41) is 0. The number of ether oxygens (including phenoxy) is 2. The lowest BCUT2D eigenvalue weighted by Gasteiger charge is -2.31. The lowest BCUT2D eigenvalue weighted by molar-refractivity contribution is 0.0784. The average molecular weight is 474 g/mol.